The third-order valence-electron chi connectivity index (χ3n) is 4.38. The third kappa shape index (κ3) is 4.02. The number of fused-ring (bicyclic) bond motifs is 1. The Bertz CT molecular complexity index is 874. The molecule has 1 aliphatic rings. The second kappa shape index (κ2) is 7.57. The molecule has 8 nitrogen and oxygen atoms in total. The largest absolute Gasteiger partial charge is 0.365 e. The van der Waals surface area contributed by atoms with Gasteiger partial charge in [0.15, 0.2) is 5.82 Å². The Balaban J connectivity index is 1.89. The number of nitrogens with zero attached hydrogens (tertiary/aromatic N) is 2. The van der Waals surface area contributed by atoms with Crippen LogP contribution in [0.3, 0.4) is 0 Å². The van der Waals surface area contributed by atoms with E-state index in [0.29, 0.717) is 12.5 Å². The fourth-order valence-corrected chi connectivity index (χ4v) is 3.06. The normalized spacial score (nSPS) is 12.9. The van der Waals surface area contributed by atoms with Gasteiger partial charge < -0.3 is 21.3 Å². The van der Waals surface area contributed by atoms with Crippen molar-refractivity contribution in [3.8, 4) is 0 Å². The predicted molar refractivity (Wildman–Crippen MR) is 102 cm³/mol. The number of carbonyl (C=O) groups is 1. The van der Waals surface area contributed by atoms with Crippen molar-refractivity contribution < 1.29 is 4.79 Å². The summed E-state index contributed by atoms with van der Waals surface area (Å²) in [5.41, 5.74) is 8.05. The van der Waals surface area contributed by atoms with Crippen molar-refractivity contribution in [1.29, 1.82) is 0 Å². The Labute approximate surface area is 151 Å². The first kappa shape index (κ1) is 17.9. The van der Waals surface area contributed by atoms with Crippen LogP contribution < -0.4 is 21.9 Å². The van der Waals surface area contributed by atoms with Crippen LogP contribution in [0.5, 0.6) is 0 Å². The Kier molecular flexibility index (Phi) is 5.22. The molecule has 26 heavy (non-hydrogen) atoms. The van der Waals surface area contributed by atoms with Crippen LogP contribution in [0.2, 0.25) is 0 Å². The molecule has 2 aromatic rings. The number of benzene rings is 1. The minimum absolute atomic E-state index is 0.159. The van der Waals surface area contributed by atoms with Crippen molar-refractivity contribution in [3.05, 3.63) is 45.2 Å². The van der Waals surface area contributed by atoms with E-state index in [9.17, 15) is 9.59 Å². The van der Waals surface area contributed by atoms with Gasteiger partial charge in [-0.2, -0.15) is 4.98 Å². The molecule has 1 aromatic carbocycles. The molecule has 0 spiro atoms. The molecule has 0 atom stereocenters. The van der Waals surface area contributed by atoms with Gasteiger partial charge in [0.1, 0.15) is 5.56 Å². The predicted octanol–water partition coefficient (Wildman–Crippen LogP) is 1.07. The fraction of sp³-hybridized carbons (Fsp3) is 0.389. The first-order valence-corrected chi connectivity index (χ1v) is 8.65. The number of H-pyrrole nitrogens is 1. The molecule has 0 fully saturated rings. The van der Waals surface area contributed by atoms with Gasteiger partial charge in [-0.1, -0.05) is 6.07 Å². The molecule has 0 saturated carbocycles. The number of primary amides is 1. The number of likely N-dealkylation sites (N-methyl/N-ethyl adjacent to an activating group) is 1. The monoisotopic (exact) mass is 356 g/mol. The molecule has 0 radical (unpaired) electrons. The number of aromatic amines is 1. The van der Waals surface area contributed by atoms with Gasteiger partial charge in [0.05, 0.1) is 0 Å². The lowest BCUT2D eigenvalue weighted by atomic mass is 10.1. The third-order valence-corrected chi connectivity index (χ3v) is 4.38. The van der Waals surface area contributed by atoms with Gasteiger partial charge in [-0.05, 0) is 56.6 Å². The highest BCUT2D eigenvalue weighted by Crippen LogP contribution is 2.26. The summed E-state index contributed by atoms with van der Waals surface area (Å²) in [5.74, 6) is -0.362. The minimum atomic E-state index is -0.817. The maximum absolute atomic E-state index is 12.3. The maximum atomic E-state index is 12.3. The molecular weight excluding hydrogens is 332 g/mol. The van der Waals surface area contributed by atoms with E-state index < -0.39 is 11.5 Å². The van der Waals surface area contributed by atoms with E-state index in [1.54, 1.807) is 0 Å². The van der Waals surface area contributed by atoms with Crippen LogP contribution in [0.15, 0.2) is 23.0 Å². The molecule has 1 amide bonds. The van der Waals surface area contributed by atoms with Gasteiger partial charge in [-0.15, -0.1) is 0 Å². The lowest BCUT2D eigenvalue weighted by Gasteiger charge is -2.14. The summed E-state index contributed by atoms with van der Waals surface area (Å²) in [4.78, 5) is 32.9. The molecule has 5 N–H and O–H groups in total. The van der Waals surface area contributed by atoms with E-state index in [1.807, 2.05) is 31.1 Å². The molecule has 1 aliphatic carbocycles. The van der Waals surface area contributed by atoms with E-state index in [0.717, 1.165) is 31.5 Å². The van der Waals surface area contributed by atoms with Gasteiger partial charge in [0.25, 0.3) is 11.5 Å². The fourth-order valence-electron chi connectivity index (χ4n) is 3.06. The van der Waals surface area contributed by atoms with E-state index in [1.165, 1.54) is 11.1 Å². The Morgan fingerprint density at radius 2 is 2.08 bits per heavy atom. The topological polar surface area (TPSA) is 116 Å². The second-order valence-corrected chi connectivity index (χ2v) is 6.69. The average molecular weight is 356 g/mol. The zero-order valence-corrected chi connectivity index (χ0v) is 15.1. The number of hydrogen-bond acceptors (Lipinski definition) is 6. The van der Waals surface area contributed by atoms with Crippen molar-refractivity contribution >= 4 is 23.4 Å². The molecule has 1 aromatic heterocycles. The van der Waals surface area contributed by atoms with Crippen LogP contribution in [0.4, 0.5) is 17.5 Å². The molecular formula is C18H24N6O2. The van der Waals surface area contributed by atoms with Gasteiger partial charge in [-0.25, -0.2) is 0 Å². The molecule has 8 heteroatoms. The smallest absolute Gasteiger partial charge is 0.267 e. The quantitative estimate of drug-likeness (QED) is 0.590. The van der Waals surface area contributed by atoms with Crippen molar-refractivity contribution in [3.63, 3.8) is 0 Å². The molecule has 138 valence electrons. The van der Waals surface area contributed by atoms with E-state index >= 15 is 0 Å². The SMILES string of the molecule is CN(C)CCNc1nc(Nc2ccc3c(c2)CCC3)c(C(N)=O)c(=O)[nH]1. The summed E-state index contributed by atoms with van der Waals surface area (Å²) in [5, 5.41) is 6.13. The van der Waals surface area contributed by atoms with E-state index in [2.05, 4.69) is 26.7 Å². The highest BCUT2D eigenvalue weighted by molar-refractivity contribution is 5.98. The Morgan fingerprint density at radius 1 is 1.31 bits per heavy atom. The van der Waals surface area contributed by atoms with Crippen LogP contribution in [0.1, 0.15) is 27.9 Å². The molecule has 0 bridgehead atoms. The number of carbonyl (C=O) groups excluding carboxylic acids is 1. The summed E-state index contributed by atoms with van der Waals surface area (Å²) in [6.07, 6.45) is 3.27. The van der Waals surface area contributed by atoms with Crippen molar-refractivity contribution in [2.24, 2.45) is 5.73 Å². The first-order valence-electron chi connectivity index (χ1n) is 8.65. The van der Waals surface area contributed by atoms with Gasteiger partial charge in [0.2, 0.25) is 5.95 Å². The van der Waals surface area contributed by atoms with Gasteiger partial charge in [-0.3, -0.25) is 14.6 Å². The van der Waals surface area contributed by atoms with Crippen molar-refractivity contribution in [1.82, 2.24) is 14.9 Å². The number of anilines is 3. The minimum Gasteiger partial charge on any atom is -0.365 e. The molecule has 0 unspecified atom stereocenters. The lowest BCUT2D eigenvalue weighted by Crippen LogP contribution is -2.28. The number of rotatable bonds is 7. The Hall–Kier alpha value is -2.87. The zero-order valence-electron chi connectivity index (χ0n) is 15.1. The zero-order chi connectivity index (χ0) is 18.7. The highest BCUT2D eigenvalue weighted by Gasteiger charge is 2.18. The molecule has 0 aliphatic heterocycles. The number of hydrogen-bond donors (Lipinski definition) is 4. The number of nitrogens with two attached hydrogens (primary N) is 1. The number of aromatic nitrogens is 2. The number of aryl methyl sites for hydroxylation is 2. The summed E-state index contributed by atoms with van der Waals surface area (Å²) in [7, 11) is 3.91. The summed E-state index contributed by atoms with van der Waals surface area (Å²) >= 11 is 0. The van der Waals surface area contributed by atoms with Crippen LogP contribution in [-0.4, -0.2) is 48.0 Å². The van der Waals surface area contributed by atoms with E-state index in [-0.39, 0.29) is 11.4 Å². The number of amides is 1. The summed E-state index contributed by atoms with van der Waals surface area (Å²) < 4.78 is 0. The summed E-state index contributed by atoms with van der Waals surface area (Å²) in [6.45, 7) is 1.37. The summed E-state index contributed by atoms with van der Waals surface area (Å²) in [6, 6.07) is 6.03. The van der Waals surface area contributed by atoms with Gasteiger partial charge in [0, 0.05) is 18.8 Å². The van der Waals surface area contributed by atoms with Crippen LogP contribution in [-0.2, 0) is 12.8 Å². The Morgan fingerprint density at radius 3 is 2.81 bits per heavy atom. The van der Waals surface area contributed by atoms with Crippen molar-refractivity contribution in [2.75, 3.05) is 37.8 Å². The number of nitrogens with one attached hydrogen (secondary N) is 3. The lowest BCUT2D eigenvalue weighted by molar-refractivity contribution is 0.0999. The molecule has 3 rings (SSSR count). The highest BCUT2D eigenvalue weighted by atomic mass is 16.2. The first-order chi connectivity index (χ1) is 12.4. The standard InChI is InChI=1S/C18H24N6O2/c1-24(2)9-8-20-18-22-16(14(15(19)25)17(26)23-18)21-13-7-6-11-4-3-5-12(11)10-13/h6-7,10H,3-5,8-9H2,1-2H3,(H2,19,25)(H3,20,21,22,23,26). The van der Waals surface area contributed by atoms with Crippen LogP contribution in [0, 0.1) is 0 Å². The van der Waals surface area contributed by atoms with E-state index in [4.69, 9.17) is 5.73 Å². The average Bonchev–Trinajstić information content (AvgIpc) is 3.01. The second-order valence-electron chi connectivity index (χ2n) is 6.69. The molecule has 0 saturated heterocycles. The van der Waals surface area contributed by atoms with Crippen molar-refractivity contribution in [2.45, 2.75) is 19.3 Å². The molecule has 1 heterocycles. The van der Waals surface area contributed by atoms with Crippen LogP contribution >= 0.6 is 0 Å². The van der Waals surface area contributed by atoms with Gasteiger partial charge >= 0.3 is 0 Å². The van der Waals surface area contributed by atoms with Crippen LogP contribution in [0.25, 0.3) is 0 Å². The maximum Gasteiger partial charge on any atom is 0.267 e.